The van der Waals surface area contributed by atoms with E-state index in [1.165, 1.54) is 19.3 Å². The van der Waals surface area contributed by atoms with Gasteiger partial charge in [-0.3, -0.25) is 4.79 Å². The Hall–Kier alpha value is -0.140. The first-order valence-electron chi connectivity index (χ1n) is 7.04. The molecule has 1 aromatic rings. The monoisotopic (exact) mass is 450 g/mol. The molecule has 1 unspecified atom stereocenters. The number of amides is 1. The number of hydrogen-bond donors (Lipinski definition) is 1. The largest absolute Gasteiger partial charge is 0.348 e. The highest BCUT2D eigenvalue weighted by Crippen LogP contribution is 2.19. The first-order valence-corrected chi connectivity index (χ1v) is 8.91. The van der Waals surface area contributed by atoms with E-state index in [1.54, 1.807) is 0 Å². The van der Waals surface area contributed by atoms with Crippen molar-refractivity contribution in [3.8, 4) is 0 Å². The Bertz CT molecular complexity index is 475. The molecule has 1 amide bonds. The molecule has 1 heterocycles. The van der Waals surface area contributed by atoms with Gasteiger partial charge in [0.15, 0.2) is 0 Å². The van der Waals surface area contributed by atoms with Gasteiger partial charge in [-0.15, -0.1) is 0 Å². The molecule has 1 fully saturated rings. The Balaban J connectivity index is 1.91. The number of likely N-dealkylation sites (tertiary alicyclic amines) is 1. The summed E-state index contributed by atoms with van der Waals surface area (Å²) in [5.41, 5.74) is 0.711. The Labute approximate surface area is 142 Å². The van der Waals surface area contributed by atoms with E-state index in [4.69, 9.17) is 0 Å². The Kier molecular flexibility index (Phi) is 6.29. The molecule has 110 valence electrons. The van der Waals surface area contributed by atoms with Gasteiger partial charge in [-0.25, -0.2) is 0 Å². The van der Waals surface area contributed by atoms with Crippen LogP contribution in [0.1, 0.15) is 36.5 Å². The number of carbonyl (C=O) groups is 1. The molecule has 0 bridgehead atoms. The molecule has 1 atom stereocenters. The third kappa shape index (κ3) is 4.70. The second-order valence-electron chi connectivity index (χ2n) is 5.36. The molecule has 1 aromatic carbocycles. The molecule has 0 spiro atoms. The van der Waals surface area contributed by atoms with Gasteiger partial charge < -0.3 is 10.2 Å². The van der Waals surface area contributed by atoms with Gasteiger partial charge in [-0.2, -0.15) is 0 Å². The molecule has 20 heavy (non-hydrogen) atoms. The molecular formula is C15H20BrIN2O. The maximum atomic E-state index is 12.3. The second kappa shape index (κ2) is 7.75. The molecule has 0 saturated carbocycles. The van der Waals surface area contributed by atoms with Crippen LogP contribution in [0.15, 0.2) is 22.7 Å². The quantitative estimate of drug-likeness (QED) is 0.710. The first kappa shape index (κ1) is 16.2. The lowest BCUT2D eigenvalue weighted by molar-refractivity contribution is 0.0925. The van der Waals surface area contributed by atoms with Crippen LogP contribution in [-0.2, 0) is 0 Å². The van der Waals surface area contributed by atoms with E-state index in [0.717, 1.165) is 27.7 Å². The van der Waals surface area contributed by atoms with Gasteiger partial charge >= 0.3 is 0 Å². The Morgan fingerprint density at radius 2 is 2.10 bits per heavy atom. The van der Waals surface area contributed by atoms with Crippen LogP contribution < -0.4 is 5.32 Å². The average molecular weight is 451 g/mol. The molecule has 2 rings (SSSR count). The predicted molar refractivity (Wildman–Crippen MR) is 94.1 cm³/mol. The van der Waals surface area contributed by atoms with Crippen LogP contribution in [0.2, 0.25) is 0 Å². The van der Waals surface area contributed by atoms with Gasteiger partial charge in [0.1, 0.15) is 0 Å². The molecule has 0 aliphatic carbocycles. The maximum absolute atomic E-state index is 12.3. The van der Waals surface area contributed by atoms with E-state index in [2.05, 4.69) is 55.7 Å². The highest BCUT2D eigenvalue weighted by atomic mass is 127. The minimum absolute atomic E-state index is 0.0000922. The summed E-state index contributed by atoms with van der Waals surface area (Å²) in [7, 11) is 0. The van der Waals surface area contributed by atoms with E-state index in [9.17, 15) is 4.79 Å². The Morgan fingerprint density at radius 3 is 2.80 bits per heavy atom. The van der Waals surface area contributed by atoms with Crippen LogP contribution in [0.25, 0.3) is 0 Å². The molecule has 0 aromatic heterocycles. The molecule has 5 heteroatoms. The lowest BCUT2D eigenvalue weighted by Crippen LogP contribution is -2.43. The second-order valence-corrected chi connectivity index (χ2v) is 7.46. The van der Waals surface area contributed by atoms with Crippen LogP contribution in [0.4, 0.5) is 0 Å². The van der Waals surface area contributed by atoms with E-state index in [-0.39, 0.29) is 11.9 Å². The smallest absolute Gasteiger partial charge is 0.252 e. The van der Waals surface area contributed by atoms with E-state index < -0.39 is 0 Å². The van der Waals surface area contributed by atoms with E-state index in [1.807, 2.05) is 18.2 Å². The normalized spacial score (nSPS) is 17.8. The lowest BCUT2D eigenvalue weighted by Gasteiger charge is -2.29. The number of carbonyl (C=O) groups excluding carboxylic acids is 1. The van der Waals surface area contributed by atoms with Gasteiger partial charge in [0, 0.05) is 20.6 Å². The number of nitrogens with one attached hydrogen (secondary N) is 1. The molecular weight excluding hydrogens is 431 g/mol. The number of halogens is 2. The number of hydrogen-bond acceptors (Lipinski definition) is 2. The standard InChI is InChI=1S/C15H20BrIN2O/c1-11(10-19-7-3-2-4-8-19)18-15(20)13-9-12(17)5-6-14(13)16/h5-6,9,11H,2-4,7-8,10H2,1H3,(H,18,20). The van der Waals surface area contributed by atoms with Crippen molar-refractivity contribution < 1.29 is 4.79 Å². The van der Waals surface area contributed by atoms with Crippen LogP contribution in [0.5, 0.6) is 0 Å². The minimum Gasteiger partial charge on any atom is -0.348 e. The van der Waals surface area contributed by atoms with Crippen LogP contribution in [-0.4, -0.2) is 36.5 Å². The third-order valence-electron chi connectivity index (χ3n) is 3.53. The van der Waals surface area contributed by atoms with Gasteiger partial charge in [-0.1, -0.05) is 6.42 Å². The molecule has 1 aliphatic heterocycles. The van der Waals surface area contributed by atoms with Crippen molar-refractivity contribution in [3.05, 3.63) is 31.8 Å². The van der Waals surface area contributed by atoms with Crippen molar-refractivity contribution in [2.24, 2.45) is 0 Å². The molecule has 1 aliphatic rings. The first-order chi connectivity index (χ1) is 9.56. The molecule has 3 nitrogen and oxygen atoms in total. The van der Waals surface area contributed by atoms with E-state index >= 15 is 0 Å². The summed E-state index contributed by atoms with van der Waals surface area (Å²) in [5.74, 6) is -0.0000922. The fraction of sp³-hybridized carbons (Fsp3) is 0.533. The summed E-state index contributed by atoms with van der Waals surface area (Å²) in [6.07, 6.45) is 3.90. The predicted octanol–water partition coefficient (Wildman–Crippen LogP) is 3.66. The summed E-state index contributed by atoms with van der Waals surface area (Å²) in [6.45, 7) is 5.34. The van der Waals surface area contributed by atoms with Crippen LogP contribution in [0.3, 0.4) is 0 Å². The minimum atomic E-state index is -0.0000922. The zero-order valence-corrected chi connectivity index (χ0v) is 15.4. The number of nitrogens with zero attached hydrogens (tertiary/aromatic N) is 1. The summed E-state index contributed by atoms with van der Waals surface area (Å²) >= 11 is 5.67. The third-order valence-corrected chi connectivity index (χ3v) is 4.89. The summed E-state index contributed by atoms with van der Waals surface area (Å²) in [4.78, 5) is 14.7. The van der Waals surface area contributed by atoms with Crippen LogP contribution >= 0.6 is 38.5 Å². The average Bonchev–Trinajstić information content (AvgIpc) is 2.42. The fourth-order valence-electron chi connectivity index (χ4n) is 2.55. The molecule has 1 N–H and O–H groups in total. The van der Waals surface area contributed by atoms with Crippen molar-refractivity contribution >= 4 is 44.4 Å². The van der Waals surface area contributed by atoms with E-state index in [0.29, 0.717) is 5.56 Å². The maximum Gasteiger partial charge on any atom is 0.252 e. The van der Waals surface area contributed by atoms with Crippen LogP contribution in [0, 0.1) is 3.57 Å². The molecule has 1 saturated heterocycles. The fourth-order valence-corrected chi connectivity index (χ4v) is 3.47. The zero-order chi connectivity index (χ0) is 14.5. The topological polar surface area (TPSA) is 32.3 Å². The van der Waals surface area contributed by atoms with Gasteiger partial charge in [0.05, 0.1) is 5.56 Å². The zero-order valence-electron chi connectivity index (χ0n) is 11.7. The highest BCUT2D eigenvalue weighted by Gasteiger charge is 2.17. The number of piperidine rings is 1. The van der Waals surface area contributed by atoms with Crippen molar-refractivity contribution in [1.82, 2.24) is 10.2 Å². The van der Waals surface area contributed by atoms with Crippen molar-refractivity contribution in [2.75, 3.05) is 19.6 Å². The summed E-state index contributed by atoms with van der Waals surface area (Å²) in [5, 5.41) is 3.10. The SMILES string of the molecule is CC(CN1CCCCC1)NC(=O)c1cc(I)ccc1Br. The summed E-state index contributed by atoms with van der Waals surface area (Å²) < 4.78 is 1.92. The highest BCUT2D eigenvalue weighted by molar-refractivity contribution is 14.1. The van der Waals surface area contributed by atoms with Crippen molar-refractivity contribution in [3.63, 3.8) is 0 Å². The Morgan fingerprint density at radius 1 is 1.40 bits per heavy atom. The van der Waals surface area contributed by atoms with Crippen molar-refractivity contribution in [2.45, 2.75) is 32.2 Å². The van der Waals surface area contributed by atoms with Gasteiger partial charge in [0.25, 0.3) is 5.91 Å². The van der Waals surface area contributed by atoms with Gasteiger partial charge in [0.2, 0.25) is 0 Å². The summed E-state index contributed by atoms with van der Waals surface area (Å²) in [6, 6.07) is 5.99. The van der Waals surface area contributed by atoms with Gasteiger partial charge in [-0.05, 0) is 89.6 Å². The van der Waals surface area contributed by atoms with Crippen molar-refractivity contribution in [1.29, 1.82) is 0 Å². The lowest BCUT2D eigenvalue weighted by atomic mass is 10.1. The number of benzene rings is 1. The number of rotatable bonds is 4. The molecule has 0 radical (unpaired) electrons.